The summed E-state index contributed by atoms with van der Waals surface area (Å²) in [5.74, 6) is 0.306. The van der Waals surface area contributed by atoms with Gasteiger partial charge in [0.15, 0.2) is 0 Å². The fourth-order valence-corrected chi connectivity index (χ4v) is 2.00. The standard InChI is InChI=1S/C15H17NO3/c1-10(6-11-2-4-13(17)5-3-11)16-12-7-14(18)9-15(19)8-12/h2-5,7-10,16-19H,6H2,1H3. The number of hydrogen-bond donors (Lipinski definition) is 4. The molecular weight excluding hydrogens is 242 g/mol. The fraction of sp³-hybridized carbons (Fsp3) is 0.200. The molecule has 0 bridgehead atoms. The predicted molar refractivity (Wildman–Crippen MR) is 74.7 cm³/mol. The maximum absolute atomic E-state index is 9.40. The molecule has 0 heterocycles. The zero-order chi connectivity index (χ0) is 13.8. The van der Waals surface area contributed by atoms with Crippen LogP contribution in [0.5, 0.6) is 17.2 Å². The summed E-state index contributed by atoms with van der Waals surface area (Å²) in [6.45, 7) is 2.01. The summed E-state index contributed by atoms with van der Waals surface area (Å²) in [6.07, 6.45) is 0.775. The normalized spacial score (nSPS) is 12.1. The maximum Gasteiger partial charge on any atom is 0.121 e. The van der Waals surface area contributed by atoms with E-state index < -0.39 is 0 Å². The Morgan fingerprint density at radius 1 is 0.895 bits per heavy atom. The van der Waals surface area contributed by atoms with Gasteiger partial charge < -0.3 is 20.6 Å². The Kier molecular flexibility index (Phi) is 3.80. The van der Waals surface area contributed by atoms with Crippen LogP contribution in [0.2, 0.25) is 0 Å². The molecule has 2 aromatic rings. The molecule has 0 spiro atoms. The molecule has 0 saturated heterocycles. The largest absolute Gasteiger partial charge is 0.508 e. The minimum Gasteiger partial charge on any atom is -0.508 e. The van der Waals surface area contributed by atoms with Gasteiger partial charge in [0.2, 0.25) is 0 Å². The number of benzene rings is 2. The van der Waals surface area contributed by atoms with Crippen LogP contribution >= 0.6 is 0 Å². The van der Waals surface area contributed by atoms with Gasteiger partial charge >= 0.3 is 0 Å². The molecule has 0 radical (unpaired) electrons. The zero-order valence-electron chi connectivity index (χ0n) is 10.7. The molecule has 0 amide bonds. The number of nitrogens with one attached hydrogen (secondary N) is 1. The molecule has 1 atom stereocenters. The highest BCUT2D eigenvalue weighted by molar-refractivity contribution is 5.53. The molecule has 4 heteroatoms. The number of aromatic hydroxyl groups is 3. The van der Waals surface area contributed by atoms with Gasteiger partial charge in [-0.2, -0.15) is 0 Å². The quantitative estimate of drug-likeness (QED) is 0.681. The van der Waals surface area contributed by atoms with Crippen molar-refractivity contribution >= 4 is 5.69 Å². The van der Waals surface area contributed by atoms with E-state index in [1.165, 1.54) is 6.07 Å². The van der Waals surface area contributed by atoms with Crippen LogP contribution in [0.3, 0.4) is 0 Å². The van der Waals surface area contributed by atoms with Gasteiger partial charge in [-0.1, -0.05) is 12.1 Å². The van der Waals surface area contributed by atoms with Crippen molar-refractivity contribution in [2.24, 2.45) is 0 Å². The van der Waals surface area contributed by atoms with Crippen molar-refractivity contribution in [2.45, 2.75) is 19.4 Å². The Balaban J connectivity index is 2.00. The molecule has 4 N–H and O–H groups in total. The van der Waals surface area contributed by atoms with Gasteiger partial charge in [0.1, 0.15) is 17.2 Å². The topological polar surface area (TPSA) is 72.7 Å². The van der Waals surface area contributed by atoms with E-state index in [1.54, 1.807) is 24.3 Å². The smallest absolute Gasteiger partial charge is 0.121 e. The minimum absolute atomic E-state index is 0.0272. The molecule has 0 saturated carbocycles. The van der Waals surface area contributed by atoms with E-state index in [4.69, 9.17) is 0 Å². The molecule has 1 unspecified atom stereocenters. The van der Waals surface area contributed by atoms with Crippen LogP contribution in [0.15, 0.2) is 42.5 Å². The lowest BCUT2D eigenvalue weighted by Gasteiger charge is -2.16. The monoisotopic (exact) mass is 259 g/mol. The highest BCUT2D eigenvalue weighted by Crippen LogP contribution is 2.24. The first-order valence-electron chi connectivity index (χ1n) is 6.10. The van der Waals surface area contributed by atoms with E-state index in [0.717, 1.165) is 12.0 Å². The molecule has 0 fully saturated rings. The minimum atomic E-state index is 0.0272. The summed E-state index contributed by atoms with van der Waals surface area (Å²) in [5, 5.41) is 31.2. The van der Waals surface area contributed by atoms with Crippen LogP contribution in [-0.2, 0) is 6.42 Å². The SMILES string of the molecule is CC(Cc1ccc(O)cc1)Nc1cc(O)cc(O)c1. The van der Waals surface area contributed by atoms with Gasteiger partial charge in [-0.25, -0.2) is 0 Å². The van der Waals surface area contributed by atoms with Crippen molar-refractivity contribution < 1.29 is 15.3 Å². The first-order chi connectivity index (χ1) is 9.02. The van der Waals surface area contributed by atoms with Crippen molar-refractivity contribution in [3.8, 4) is 17.2 Å². The van der Waals surface area contributed by atoms with Gasteiger partial charge in [0.25, 0.3) is 0 Å². The Labute approximate surface area is 112 Å². The highest BCUT2D eigenvalue weighted by atomic mass is 16.3. The van der Waals surface area contributed by atoms with E-state index in [9.17, 15) is 15.3 Å². The summed E-state index contributed by atoms with van der Waals surface area (Å²) in [6, 6.07) is 11.6. The Morgan fingerprint density at radius 3 is 2.05 bits per heavy atom. The third kappa shape index (κ3) is 3.81. The molecule has 0 aliphatic heterocycles. The summed E-state index contributed by atoms with van der Waals surface area (Å²) >= 11 is 0. The average Bonchev–Trinajstić information content (AvgIpc) is 2.30. The van der Waals surface area contributed by atoms with Crippen molar-refractivity contribution in [2.75, 3.05) is 5.32 Å². The lowest BCUT2D eigenvalue weighted by Crippen LogP contribution is -2.17. The number of rotatable bonds is 4. The van der Waals surface area contributed by atoms with E-state index >= 15 is 0 Å². The molecular formula is C15H17NO3. The third-order valence-corrected chi connectivity index (χ3v) is 2.79. The van der Waals surface area contributed by atoms with Gasteiger partial charge in [0.05, 0.1) is 0 Å². The Morgan fingerprint density at radius 2 is 1.47 bits per heavy atom. The third-order valence-electron chi connectivity index (χ3n) is 2.79. The van der Waals surface area contributed by atoms with Gasteiger partial charge in [-0.15, -0.1) is 0 Å². The number of phenolic OH excluding ortho intramolecular Hbond substituents is 3. The number of phenols is 3. The first-order valence-corrected chi connectivity index (χ1v) is 6.10. The van der Waals surface area contributed by atoms with E-state index in [2.05, 4.69) is 5.32 Å². The van der Waals surface area contributed by atoms with Crippen LogP contribution < -0.4 is 5.32 Å². The molecule has 2 rings (SSSR count). The van der Waals surface area contributed by atoms with Gasteiger partial charge in [0, 0.05) is 29.9 Å². The molecule has 2 aromatic carbocycles. The van der Waals surface area contributed by atoms with E-state index in [1.807, 2.05) is 19.1 Å². The second kappa shape index (κ2) is 5.52. The highest BCUT2D eigenvalue weighted by Gasteiger charge is 2.05. The molecule has 19 heavy (non-hydrogen) atoms. The molecule has 0 aromatic heterocycles. The lowest BCUT2D eigenvalue weighted by atomic mass is 10.1. The molecule has 0 aliphatic carbocycles. The molecule has 100 valence electrons. The van der Waals surface area contributed by atoms with E-state index in [0.29, 0.717) is 5.69 Å². The summed E-state index contributed by atoms with van der Waals surface area (Å²) < 4.78 is 0. The number of hydrogen-bond acceptors (Lipinski definition) is 4. The van der Waals surface area contributed by atoms with Crippen molar-refractivity contribution in [1.29, 1.82) is 0 Å². The van der Waals surface area contributed by atoms with Gasteiger partial charge in [-0.05, 0) is 31.0 Å². The maximum atomic E-state index is 9.40. The average molecular weight is 259 g/mol. The van der Waals surface area contributed by atoms with Crippen molar-refractivity contribution in [3.05, 3.63) is 48.0 Å². The van der Waals surface area contributed by atoms with Crippen LogP contribution in [0.1, 0.15) is 12.5 Å². The van der Waals surface area contributed by atoms with Crippen LogP contribution in [0.4, 0.5) is 5.69 Å². The Bertz CT molecular complexity index is 532. The lowest BCUT2D eigenvalue weighted by molar-refractivity contribution is 0.451. The van der Waals surface area contributed by atoms with Crippen molar-refractivity contribution in [3.63, 3.8) is 0 Å². The van der Waals surface area contributed by atoms with Crippen LogP contribution in [0.25, 0.3) is 0 Å². The first kappa shape index (κ1) is 13.1. The summed E-state index contributed by atoms with van der Waals surface area (Å²) in [4.78, 5) is 0. The molecule has 0 aliphatic rings. The van der Waals surface area contributed by atoms with Crippen LogP contribution in [0, 0.1) is 0 Å². The second-order valence-corrected chi connectivity index (χ2v) is 4.65. The second-order valence-electron chi connectivity index (χ2n) is 4.65. The number of anilines is 1. The Hall–Kier alpha value is -2.36. The zero-order valence-corrected chi connectivity index (χ0v) is 10.7. The van der Waals surface area contributed by atoms with Gasteiger partial charge in [-0.3, -0.25) is 0 Å². The molecule has 4 nitrogen and oxygen atoms in total. The van der Waals surface area contributed by atoms with Crippen LogP contribution in [-0.4, -0.2) is 21.4 Å². The summed E-state index contributed by atoms with van der Waals surface area (Å²) in [7, 11) is 0. The fourth-order valence-electron chi connectivity index (χ4n) is 2.00. The summed E-state index contributed by atoms with van der Waals surface area (Å²) in [5.41, 5.74) is 1.77. The van der Waals surface area contributed by atoms with Crippen molar-refractivity contribution in [1.82, 2.24) is 0 Å². The predicted octanol–water partition coefficient (Wildman–Crippen LogP) is 2.85. The van der Waals surface area contributed by atoms with E-state index in [-0.39, 0.29) is 23.3 Å².